The third-order valence-electron chi connectivity index (χ3n) is 8.67. The second-order valence-electron chi connectivity index (χ2n) is 11.5. The molecule has 214 valence electrons. The molecule has 2 aromatic rings. The second-order valence-corrected chi connectivity index (χ2v) is 11.5. The summed E-state index contributed by atoms with van der Waals surface area (Å²) < 4.78 is 5.89. The molecule has 2 aliphatic carbocycles. The highest BCUT2D eigenvalue weighted by molar-refractivity contribution is 6.07. The van der Waals surface area contributed by atoms with Crippen molar-refractivity contribution in [3.8, 4) is 0 Å². The van der Waals surface area contributed by atoms with Crippen LogP contribution in [0.25, 0.3) is 0 Å². The minimum absolute atomic E-state index is 0.0565. The highest BCUT2D eigenvalue weighted by atomic mass is 16.5. The fraction of sp³-hybridized carbons (Fsp3) is 0.382. The summed E-state index contributed by atoms with van der Waals surface area (Å²) in [7, 11) is 2.03. The third kappa shape index (κ3) is 6.68. The summed E-state index contributed by atoms with van der Waals surface area (Å²) >= 11 is 0. The van der Waals surface area contributed by atoms with Crippen LogP contribution in [0.1, 0.15) is 42.7 Å². The predicted octanol–water partition coefficient (Wildman–Crippen LogP) is 4.49. The van der Waals surface area contributed by atoms with E-state index in [1.54, 1.807) is 12.2 Å². The standard InChI is InChI=1S/C34H39N3O4/c1-3-27-20-34(27,23-35-32(39)30-21-37(2)18-17-29(30)25-13-8-5-9-14-25)33(40)36-31(38)26-15-10-16-28(19-26)41-22-24-11-6-4-7-12-24/h3-9,11-14,16,19,27,29-30H,1,10,15,17-18,20-23H2,2H3,(H,35,39)(H,36,38,40)/t27-,29+,30?,34?/m1/s1. The summed E-state index contributed by atoms with van der Waals surface area (Å²) in [5.74, 6) is -0.401. The van der Waals surface area contributed by atoms with E-state index in [9.17, 15) is 14.4 Å². The molecule has 0 radical (unpaired) electrons. The van der Waals surface area contributed by atoms with E-state index in [0.717, 1.165) is 24.1 Å². The number of imide groups is 1. The number of hydrogen-bond acceptors (Lipinski definition) is 5. The molecule has 1 heterocycles. The van der Waals surface area contributed by atoms with Crippen LogP contribution in [0.5, 0.6) is 0 Å². The molecule has 2 unspecified atom stereocenters. The Morgan fingerprint density at radius 3 is 2.54 bits per heavy atom. The van der Waals surface area contributed by atoms with Crippen LogP contribution in [-0.4, -0.2) is 49.3 Å². The molecule has 2 aromatic carbocycles. The van der Waals surface area contributed by atoms with Gasteiger partial charge in [0.15, 0.2) is 0 Å². The number of hydrogen-bond donors (Lipinski definition) is 2. The molecule has 0 aromatic heterocycles. The highest BCUT2D eigenvalue weighted by Crippen LogP contribution is 2.53. The Bertz CT molecular complexity index is 1340. The molecule has 41 heavy (non-hydrogen) atoms. The van der Waals surface area contributed by atoms with Crippen molar-refractivity contribution >= 4 is 17.7 Å². The van der Waals surface area contributed by atoms with Crippen LogP contribution in [0.15, 0.2) is 96.8 Å². The van der Waals surface area contributed by atoms with Crippen molar-refractivity contribution in [2.24, 2.45) is 17.3 Å². The van der Waals surface area contributed by atoms with Gasteiger partial charge in [-0.3, -0.25) is 19.7 Å². The minimum Gasteiger partial charge on any atom is -0.489 e. The number of nitrogens with one attached hydrogen (secondary N) is 2. The van der Waals surface area contributed by atoms with Crippen molar-refractivity contribution < 1.29 is 19.1 Å². The van der Waals surface area contributed by atoms with Gasteiger partial charge in [0.2, 0.25) is 11.8 Å². The van der Waals surface area contributed by atoms with Gasteiger partial charge in [0.1, 0.15) is 12.4 Å². The summed E-state index contributed by atoms with van der Waals surface area (Å²) in [6.45, 7) is 6.05. The number of allylic oxidation sites excluding steroid dienone is 3. The van der Waals surface area contributed by atoms with Crippen LogP contribution < -0.4 is 10.6 Å². The minimum atomic E-state index is -0.867. The van der Waals surface area contributed by atoms with E-state index in [1.807, 2.05) is 61.7 Å². The smallest absolute Gasteiger partial charge is 0.253 e. The molecule has 7 nitrogen and oxygen atoms in total. The number of benzene rings is 2. The number of ether oxygens (including phenoxy) is 1. The molecule has 0 spiro atoms. The molecule has 7 heteroatoms. The number of nitrogens with zero attached hydrogens (tertiary/aromatic N) is 1. The third-order valence-corrected chi connectivity index (χ3v) is 8.67. The summed E-state index contributed by atoms with van der Waals surface area (Å²) in [5, 5.41) is 5.70. The molecule has 5 rings (SSSR count). The zero-order chi connectivity index (χ0) is 28.8. The Morgan fingerprint density at radius 2 is 1.83 bits per heavy atom. The van der Waals surface area contributed by atoms with Crippen molar-refractivity contribution in [3.05, 3.63) is 108 Å². The molecule has 3 amide bonds. The monoisotopic (exact) mass is 553 g/mol. The lowest BCUT2D eigenvalue weighted by molar-refractivity contribution is -0.132. The first-order valence-electron chi connectivity index (χ1n) is 14.5. The molecular weight excluding hydrogens is 514 g/mol. The van der Waals surface area contributed by atoms with Crippen LogP contribution in [0.4, 0.5) is 0 Å². The van der Waals surface area contributed by atoms with Gasteiger partial charge in [-0.2, -0.15) is 0 Å². The fourth-order valence-corrected chi connectivity index (χ4v) is 6.04. The molecule has 2 N–H and O–H groups in total. The van der Waals surface area contributed by atoms with Crippen LogP contribution in [0, 0.1) is 17.3 Å². The van der Waals surface area contributed by atoms with E-state index in [2.05, 4.69) is 34.2 Å². The van der Waals surface area contributed by atoms with Crippen LogP contribution in [-0.2, 0) is 25.7 Å². The molecule has 1 saturated carbocycles. The average Bonchev–Trinajstić information content (AvgIpc) is 3.75. The average molecular weight is 554 g/mol. The zero-order valence-electron chi connectivity index (χ0n) is 23.7. The first kappa shape index (κ1) is 28.6. The first-order chi connectivity index (χ1) is 19.9. The highest BCUT2D eigenvalue weighted by Gasteiger charge is 2.59. The van der Waals surface area contributed by atoms with Gasteiger partial charge in [0.05, 0.1) is 11.3 Å². The van der Waals surface area contributed by atoms with E-state index in [1.165, 1.54) is 0 Å². The number of amides is 3. The second kappa shape index (κ2) is 12.7. The van der Waals surface area contributed by atoms with Gasteiger partial charge in [0.25, 0.3) is 5.91 Å². The summed E-state index contributed by atoms with van der Waals surface area (Å²) in [5.41, 5.74) is 1.84. The van der Waals surface area contributed by atoms with Gasteiger partial charge in [-0.15, -0.1) is 6.58 Å². The molecule has 3 aliphatic rings. The van der Waals surface area contributed by atoms with Gasteiger partial charge in [-0.25, -0.2) is 0 Å². The van der Waals surface area contributed by atoms with Gasteiger partial charge in [-0.1, -0.05) is 66.7 Å². The first-order valence-corrected chi connectivity index (χ1v) is 14.5. The summed E-state index contributed by atoms with van der Waals surface area (Å²) in [6.07, 6.45) is 8.05. The lowest BCUT2D eigenvalue weighted by Crippen LogP contribution is -2.49. The normalized spacial score (nSPS) is 25.7. The topological polar surface area (TPSA) is 87.7 Å². The Balaban J connectivity index is 1.20. The molecule has 0 bridgehead atoms. The van der Waals surface area contributed by atoms with Crippen molar-refractivity contribution in [2.45, 2.75) is 38.2 Å². The number of carbonyl (C=O) groups excluding carboxylic acids is 3. The van der Waals surface area contributed by atoms with E-state index in [0.29, 0.717) is 43.7 Å². The lowest BCUT2D eigenvalue weighted by Gasteiger charge is -2.36. The number of carbonyl (C=O) groups is 3. The maximum absolute atomic E-state index is 13.5. The molecule has 2 fully saturated rings. The van der Waals surface area contributed by atoms with Crippen molar-refractivity contribution in [2.75, 3.05) is 26.7 Å². The molecule has 4 atom stereocenters. The zero-order valence-corrected chi connectivity index (χ0v) is 23.7. The Morgan fingerprint density at radius 1 is 1.10 bits per heavy atom. The predicted molar refractivity (Wildman–Crippen MR) is 158 cm³/mol. The number of piperidine rings is 1. The van der Waals surface area contributed by atoms with Gasteiger partial charge in [-0.05, 0) is 74.4 Å². The van der Waals surface area contributed by atoms with Crippen molar-refractivity contribution in [1.82, 2.24) is 15.5 Å². The number of rotatable bonds is 10. The molecule has 1 aliphatic heterocycles. The lowest BCUT2D eigenvalue weighted by atomic mass is 9.80. The Kier molecular flexibility index (Phi) is 8.84. The van der Waals surface area contributed by atoms with E-state index >= 15 is 0 Å². The Hall–Kier alpha value is -3.97. The Labute approximate surface area is 242 Å². The maximum Gasteiger partial charge on any atom is 0.253 e. The quantitative estimate of drug-likeness (QED) is 0.334. The van der Waals surface area contributed by atoms with Crippen LogP contribution in [0.2, 0.25) is 0 Å². The molecule has 1 saturated heterocycles. The number of likely N-dealkylation sites (tertiary alicyclic amines) is 1. The van der Waals surface area contributed by atoms with E-state index < -0.39 is 11.3 Å². The van der Waals surface area contributed by atoms with Gasteiger partial charge in [0, 0.05) is 18.7 Å². The van der Waals surface area contributed by atoms with E-state index in [-0.39, 0.29) is 36.1 Å². The van der Waals surface area contributed by atoms with Crippen molar-refractivity contribution in [1.29, 1.82) is 0 Å². The maximum atomic E-state index is 13.5. The van der Waals surface area contributed by atoms with Crippen molar-refractivity contribution in [3.63, 3.8) is 0 Å². The molecular formula is C34H39N3O4. The SMILES string of the molecule is C=C[C@@H]1CC1(CNC(=O)C1CN(C)CC[C@H]1c1ccccc1)C(=O)NC(=O)C1=CC(OCc2ccccc2)=CCC1. The fourth-order valence-electron chi connectivity index (χ4n) is 6.04. The summed E-state index contributed by atoms with van der Waals surface area (Å²) in [4.78, 5) is 42.3. The van der Waals surface area contributed by atoms with Gasteiger partial charge >= 0.3 is 0 Å². The van der Waals surface area contributed by atoms with E-state index in [4.69, 9.17) is 4.74 Å². The summed E-state index contributed by atoms with van der Waals surface area (Å²) in [6, 6.07) is 20.0. The van der Waals surface area contributed by atoms with Gasteiger partial charge < -0.3 is 15.0 Å². The van der Waals surface area contributed by atoms with Crippen LogP contribution >= 0.6 is 0 Å². The van der Waals surface area contributed by atoms with Crippen LogP contribution in [0.3, 0.4) is 0 Å². The largest absolute Gasteiger partial charge is 0.489 e.